The molecule has 2 unspecified atom stereocenters. The zero-order valence-electron chi connectivity index (χ0n) is 8.06. The molecule has 0 aromatic rings. The van der Waals surface area contributed by atoms with Gasteiger partial charge in [0.1, 0.15) is 0 Å². The molecule has 2 fully saturated rings. The first kappa shape index (κ1) is 11.6. The van der Waals surface area contributed by atoms with E-state index in [1.165, 1.54) is 38.5 Å². The summed E-state index contributed by atoms with van der Waals surface area (Å²) in [4.78, 5) is 0. The predicted molar refractivity (Wildman–Crippen MR) is 51.7 cm³/mol. The molecular formula is C10H18N2Ru. The van der Waals surface area contributed by atoms with E-state index in [2.05, 4.69) is 10.6 Å². The average Bonchev–Trinajstić information content (AvgIpc) is 2.21. The van der Waals surface area contributed by atoms with Gasteiger partial charge in [-0.05, 0) is 0 Å². The van der Waals surface area contributed by atoms with E-state index >= 15 is 0 Å². The molecule has 0 saturated carbocycles. The number of nitrogens with zero attached hydrogens (tertiary/aromatic N) is 2. The molecule has 0 spiro atoms. The molecule has 13 heavy (non-hydrogen) atoms. The van der Waals surface area contributed by atoms with Crippen LogP contribution in [0.2, 0.25) is 0 Å². The van der Waals surface area contributed by atoms with Crippen molar-refractivity contribution < 1.29 is 19.5 Å². The normalized spacial score (nSPS) is 35.1. The van der Waals surface area contributed by atoms with Crippen LogP contribution in [-0.2, 0) is 19.5 Å². The largest absolute Gasteiger partial charge is 2.00 e. The van der Waals surface area contributed by atoms with Gasteiger partial charge in [-0.2, -0.15) is 12.1 Å². The van der Waals surface area contributed by atoms with Crippen LogP contribution in [0, 0.1) is 0 Å². The van der Waals surface area contributed by atoms with Crippen LogP contribution < -0.4 is 0 Å². The molecular weight excluding hydrogens is 249 g/mol. The maximum atomic E-state index is 4.66. The summed E-state index contributed by atoms with van der Waals surface area (Å²) in [6.07, 6.45) is 7.97. The minimum Gasteiger partial charge on any atom is -0.661 e. The maximum absolute atomic E-state index is 4.66. The van der Waals surface area contributed by atoms with Crippen LogP contribution in [0.5, 0.6) is 0 Å². The molecule has 2 aliphatic heterocycles. The fourth-order valence-electron chi connectivity index (χ4n) is 2.26. The fraction of sp³-hybridized carbons (Fsp3) is 1.00. The van der Waals surface area contributed by atoms with Crippen molar-refractivity contribution in [1.29, 1.82) is 0 Å². The van der Waals surface area contributed by atoms with Crippen LogP contribution in [0.4, 0.5) is 0 Å². The van der Waals surface area contributed by atoms with Gasteiger partial charge in [0, 0.05) is 0 Å². The summed E-state index contributed by atoms with van der Waals surface area (Å²) in [7, 11) is 0. The van der Waals surface area contributed by atoms with E-state index in [1.807, 2.05) is 0 Å². The van der Waals surface area contributed by atoms with E-state index in [0.717, 1.165) is 13.1 Å². The molecule has 0 radical (unpaired) electrons. The van der Waals surface area contributed by atoms with Crippen LogP contribution in [-0.4, -0.2) is 25.2 Å². The van der Waals surface area contributed by atoms with Gasteiger partial charge in [0.15, 0.2) is 0 Å². The van der Waals surface area contributed by atoms with Gasteiger partial charge in [0.05, 0.1) is 0 Å². The summed E-state index contributed by atoms with van der Waals surface area (Å²) < 4.78 is 0. The summed E-state index contributed by atoms with van der Waals surface area (Å²) in [6.45, 7) is 2.19. The van der Waals surface area contributed by atoms with Gasteiger partial charge in [0.2, 0.25) is 0 Å². The van der Waals surface area contributed by atoms with Gasteiger partial charge in [-0.1, -0.05) is 38.5 Å². The smallest absolute Gasteiger partial charge is 0.661 e. The minimum absolute atomic E-state index is 0. The molecule has 76 valence electrons. The average molecular weight is 267 g/mol. The zero-order chi connectivity index (χ0) is 8.23. The molecule has 2 saturated heterocycles. The second-order valence-corrected chi connectivity index (χ2v) is 3.94. The Morgan fingerprint density at radius 2 is 1.15 bits per heavy atom. The first-order valence-electron chi connectivity index (χ1n) is 5.30. The number of hydrogen-bond acceptors (Lipinski definition) is 0. The molecule has 0 amide bonds. The van der Waals surface area contributed by atoms with Crippen molar-refractivity contribution in [2.45, 2.75) is 50.6 Å². The van der Waals surface area contributed by atoms with Gasteiger partial charge < -0.3 is 10.6 Å². The topological polar surface area (TPSA) is 28.2 Å². The molecule has 0 aromatic carbocycles. The second-order valence-electron chi connectivity index (χ2n) is 3.94. The molecule has 3 heteroatoms. The summed E-state index contributed by atoms with van der Waals surface area (Å²) in [5, 5.41) is 9.32. The van der Waals surface area contributed by atoms with Crippen LogP contribution >= 0.6 is 0 Å². The Kier molecular flexibility index (Phi) is 5.46. The fourth-order valence-corrected chi connectivity index (χ4v) is 2.26. The third kappa shape index (κ3) is 3.30. The van der Waals surface area contributed by atoms with Crippen molar-refractivity contribution in [2.75, 3.05) is 13.1 Å². The van der Waals surface area contributed by atoms with Crippen molar-refractivity contribution in [3.05, 3.63) is 10.6 Å². The number of hydrogen-bond donors (Lipinski definition) is 0. The summed E-state index contributed by atoms with van der Waals surface area (Å²) in [5.74, 6) is 0. The van der Waals surface area contributed by atoms with Crippen LogP contribution in [0.15, 0.2) is 0 Å². The van der Waals surface area contributed by atoms with E-state index in [-0.39, 0.29) is 19.5 Å². The van der Waals surface area contributed by atoms with Crippen molar-refractivity contribution in [2.24, 2.45) is 0 Å². The van der Waals surface area contributed by atoms with Gasteiger partial charge >= 0.3 is 19.5 Å². The molecule has 2 atom stereocenters. The van der Waals surface area contributed by atoms with Crippen molar-refractivity contribution in [3.63, 3.8) is 0 Å². The predicted octanol–water partition coefficient (Wildman–Crippen LogP) is 2.84. The standard InChI is InChI=1S/C10H18N2.Ru/c1-3-7-11-9(5-1)10-6-2-4-8-12-10;/h9-10H,1-8H2;/q-2;+2. The Balaban J connectivity index is 0.000000845. The molecule has 0 bridgehead atoms. The molecule has 0 N–H and O–H groups in total. The van der Waals surface area contributed by atoms with Crippen LogP contribution in [0.25, 0.3) is 10.6 Å². The molecule has 2 rings (SSSR count). The molecule has 0 aromatic heterocycles. The quantitative estimate of drug-likeness (QED) is 0.654. The van der Waals surface area contributed by atoms with Gasteiger partial charge in [-0.25, -0.2) is 0 Å². The van der Waals surface area contributed by atoms with E-state index in [1.54, 1.807) is 0 Å². The first-order chi connectivity index (χ1) is 5.97. The van der Waals surface area contributed by atoms with E-state index in [4.69, 9.17) is 0 Å². The Morgan fingerprint density at radius 3 is 1.46 bits per heavy atom. The van der Waals surface area contributed by atoms with E-state index in [9.17, 15) is 0 Å². The van der Waals surface area contributed by atoms with E-state index < -0.39 is 0 Å². The minimum atomic E-state index is 0. The van der Waals surface area contributed by atoms with Crippen molar-refractivity contribution in [1.82, 2.24) is 0 Å². The first-order valence-corrected chi connectivity index (χ1v) is 5.30. The van der Waals surface area contributed by atoms with Crippen molar-refractivity contribution >= 4 is 0 Å². The summed E-state index contributed by atoms with van der Waals surface area (Å²) >= 11 is 0. The number of rotatable bonds is 1. The number of piperidine rings is 2. The Bertz CT molecular complexity index is 113. The molecule has 2 heterocycles. The second kappa shape index (κ2) is 6.11. The Morgan fingerprint density at radius 1 is 0.692 bits per heavy atom. The van der Waals surface area contributed by atoms with Gasteiger partial charge in [-0.15, -0.1) is 13.1 Å². The third-order valence-electron chi connectivity index (χ3n) is 2.99. The molecule has 2 aliphatic rings. The third-order valence-corrected chi connectivity index (χ3v) is 2.99. The van der Waals surface area contributed by atoms with Crippen LogP contribution in [0.1, 0.15) is 38.5 Å². The molecule has 0 aliphatic carbocycles. The monoisotopic (exact) mass is 268 g/mol. The summed E-state index contributed by atoms with van der Waals surface area (Å²) in [6, 6.07) is 1.19. The Labute approximate surface area is 94.0 Å². The van der Waals surface area contributed by atoms with Crippen LogP contribution in [0.3, 0.4) is 0 Å². The SMILES string of the molecule is C1CCC(C2CCCC[N-]2)[N-]C1.[Ru+2]. The summed E-state index contributed by atoms with van der Waals surface area (Å²) in [5.41, 5.74) is 0. The Hall–Kier alpha value is 0.543. The zero-order valence-corrected chi connectivity index (χ0v) is 9.80. The van der Waals surface area contributed by atoms with Gasteiger partial charge in [-0.3, -0.25) is 0 Å². The van der Waals surface area contributed by atoms with E-state index in [0.29, 0.717) is 12.1 Å². The maximum Gasteiger partial charge on any atom is 2.00 e. The van der Waals surface area contributed by atoms with Crippen molar-refractivity contribution in [3.8, 4) is 0 Å². The molecule has 2 nitrogen and oxygen atoms in total. The van der Waals surface area contributed by atoms with Gasteiger partial charge in [0.25, 0.3) is 0 Å².